The lowest BCUT2D eigenvalue weighted by Crippen LogP contribution is -2.16. The van der Waals surface area contributed by atoms with Crippen molar-refractivity contribution < 1.29 is 13.2 Å². The first-order valence-corrected chi connectivity index (χ1v) is 10.4. The number of nitrogens with one attached hydrogen (secondary N) is 1. The van der Waals surface area contributed by atoms with Crippen molar-refractivity contribution in [1.29, 1.82) is 0 Å². The predicted molar refractivity (Wildman–Crippen MR) is 109 cm³/mol. The molecule has 0 spiro atoms. The Morgan fingerprint density at radius 3 is 1.93 bits per heavy atom. The predicted octanol–water partition coefficient (Wildman–Crippen LogP) is 2.95. The maximum Gasteiger partial charge on any atom is 0.248 e. The minimum Gasteiger partial charge on any atom is -0.366 e. The van der Waals surface area contributed by atoms with E-state index < -0.39 is 15.7 Å². The van der Waals surface area contributed by atoms with E-state index in [-0.39, 0.29) is 15.4 Å². The number of primary amides is 1. The molecule has 6 heteroatoms. The van der Waals surface area contributed by atoms with Crippen molar-refractivity contribution in [3.63, 3.8) is 0 Å². The van der Waals surface area contributed by atoms with Gasteiger partial charge in [0.1, 0.15) is 0 Å². The van der Waals surface area contributed by atoms with E-state index in [1.807, 2.05) is 18.2 Å². The largest absolute Gasteiger partial charge is 0.366 e. The lowest BCUT2D eigenvalue weighted by atomic mass is 10.1. The minimum absolute atomic E-state index is 0.131. The van der Waals surface area contributed by atoms with Crippen LogP contribution in [0.2, 0.25) is 0 Å². The normalized spacial score (nSPS) is 11.3. The monoisotopic (exact) mass is 394 g/mol. The maximum atomic E-state index is 12.7. The van der Waals surface area contributed by atoms with E-state index in [0.717, 1.165) is 18.5 Å². The Morgan fingerprint density at radius 2 is 1.36 bits per heavy atom. The van der Waals surface area contributed by atoms with Gasteiger partial charge < -0.3 is 11.1 Å². The summed E-state index contributed by atoms with van der Waals surface area (Å²) in [4.78, 5) is 11.5. The van der Waals surface area contributed by atoms with Crippen molar-refractivity contribution in [1.82, 2.24) is 5.32 Å². The highest BCUT2D eigenvalue weighted by molar-refractivity contribution is 7.91. The highest BCUT2D eigenvalue weighted by atomic mass is 32.2. The molecule has 0 aliphatic carbocycles. The van der Waals surface area contributed by atoms with Gasteiger partial charge >= 0.3 is 0 Å². The van der Waals surface area contributed by atoms with Crippen LogP contribution in [-0.2, 0) is 22.8 Å². The van der Waals surface area contributed by atoms with Crippen LogP contribution in [0.4, 0.5) is 0 Å². The number of carbonyl (C=O) groups is 1. The van der Waals surface area contributed by atoms with Gasteiger partial charge in [-0.2, -0.15) is 0 Å². The van der Waals surface area contributed by atoms with Gasteiger partial charge in [-0.25, -0.2) is 8.42 Å². The summed E-state index contributed by atoms with van der Waals surface area (Å²) in [5.41, 5.74) is 7.75. The smallest absolute Gasteiger partial charge is 0.248 e. The van der Waals surface area contributed by atoms with Crippen molar-refractivity contribution in [3.8, 4) is 0 Å². The second-order valence-electron chi connectivity index (χ2n) is 6.45. The van der Waals surface area contributed by atoms with E-state index in [2.05, 4.69) is 17.4 Å². The first-order valence-electron chi connectivity index (χ1n) is 8.95. The summed E-state index contributed by atoms with van der Waals surface area (Å²) in [6.07, 6.45) is 0.939. The Morgan fingerprint density at radius 1 is 0.786 bits per heavy atom. The summed E-state index contributed by atoms with van der Waals surface area (Å²) in [6, 6.07) is 22.7. The molecule has 0 radical (unpaired) electrons. The van der Waals surface area contributed by atoms with Gasteiger partial charge in [-0.3, -0.25) is 4.79 Å². The summed E-state index contributed by atoms with van der Waals surface area (Å²) in [7, 11) is -3.63. The first kappa shape index (κ1) is 19.8. The number of amides is 1. The van der Waals surface area contributed by atoms with Crippen molar-refractivity contribution in [2.24, 2.45) is 5.73 Å². The lowest BCUT2D eigenvalue weighted by molar-refractivity contribution is 0.1000. The zero-order chi connectivity index (χ0) is 20.0. The van der Waals surface area contributed by atoms with Crippen LogP contribution in [0.3, 0.4) is 0 Å². The molecular weight excluding hydrogens is 372 g/mol. The van der Waals surface area contributed by atoms with Crippen LogP contribution in [0.1, 0.15) is 21.5 Å². The third-order valence-corrected chi connectivity index (χ3v) is 6.23. The Kier molecular flexibility index (Phi) is 6.23. The van der Waals surface area contributed by atoms with E-state index in [1.165, 1.54) is 29.8 Å². The van der Waals surface area contributed by atoms with Crippen LogP contribution in [0.5, 0.6) is 0 Å². The fraction of sp³-hybridized carbons (Fsp3) is 0.136. The molecule has 3 aromatic rings. The SMILES string of the molecule is NC(=O)c1ccc(S(=O)(=O)c2ccc(CNCCc3ccccc3)cc2)cc1. The lowest BCUT2D eigenvalue weighted by Gasteiger charge is -2.08. The molecule has 0 bridgehead atoms. The standard InChI is InChI=1S/C22H22N2O3S/c23-22(25)19-8-12-21(13-9-19)28(26,27)20-10-6-18(7-11-20)16-24-15-14-17-4-2-1-3-5-17/h1-13,24H,14-16H2,(H2,23,25). The second kappa shape index (κ2) is 8.82. The zero-order valence-corrected chi connectivity index (χ0v) is 16.2. The quantitative estimate of drug-likeness (QED) is 0.575. The molecular formula is C22H22N2O3S. The molecule has 1 amide bonds. The van der Waals surface area contributed by atoms with Crippen molar-refractivity contribution >= 4 is 15.7 Å². The van der Waals surface area contributed by atoms with Gasteiger partial charge in [0, 0.05) is 12.1 Å². The van der Waals surface area contributed by atoms with E-state index >= 15 is 0 Å². The van der Waals surface area contributed by atoms with Crippen LogP contribution in [-0.4, -0.2) is 20.9 Å². The molecule has 0 aliphatic rings. The molecule has 0 heterocycles. The number of rotatable bonds is 8. The van der Waals surface area contributed by atoms with Gasteiger partial charge in [-0.15, -0.1) is 0 Å². The highest BCUT2D eigenvalue weighted by Gasteiger charge is 2.17. The number of hydrogen-bond donors (Lipinski definition) is 2. The molecule has 0 aromatic heterocycles. The van der Waals surface area contributed by atoms with Crippen molar-refractivity contribution in [2.75, 3.05) is 6.54 Å². The summed E-state index contributed by atoms with van der Waals surface area (Å²) in [5.74, 6) is -0.590. The Bertz CT molecular complexity index is 1030. The van der Waals surface area contributed by atoms with Crippen molar-refractivity contribution in [3.05, 3.63) is 95.6 Å². The molecule has 0 saturated heterocycles. The summed E-state index contributed by atoms with van der Waals surface area (Å²) < 4.78 is 25.4. The maximum absolute atomic E-state index is 12.7. The van der Waals surface area contributed by atoms with Crippen LogP contribution in [0.25, 0.3) is 0 Å². The van der Waals surface area contributed by atoms with E-state index in [9.17, 15) is 13.2 Å². The van der Waals surface area contributed by atoms with Crippen LogP contribution in [0.15, 0.2) is 88.7 Å². The summed E-state index contributed by atoms with van der Waals surface area (Å²) >= 11 is 0. The third-order valence-electron chi connectivity index (χ3n) is 4.45. The van der Waals surface area contributed by atoms with Gasteiger partial charge in [0.15, 0.2) is 0 Å². The Labute approximate surface area is 165 Å². The number of hydrogen-bond acceptors (Lipinski definition) is 4. The minimum atomic E-state index is -3.63. The molecule has 28 heavy (non-hydrogen) atoms. The van der Waals surface area contributed by atoms with Gasteiger partial charge in [-0.1, -0.05) is 42.5 Å². The molecule has 0 atom stereocenters. The fourth-order valence-corrected chi connectivity index (χ4v) is 4.09. The molecule has 0 saturated carbocycles. The van der Waals surface area contributed by atoms with Gasteiger partial charge in [0.25, 0.3) is 0 Å². The van der Waals surface area contributed by atoms with Crippen LogP contribution >= 0.6 is 0 Å². The Hall–Kier alpha value is -2.96. The molecule has 3 N–H and O–H groups in total. The van der Waals surface area contributed by atoms with E-state index in [1.54, 1.807) is 24.3 Å². The first-order chi connectivity index (χ1) is 13.5. The molecule has 0 fully saturated rings. The second-order valence-corrected chi connectivity index (χ2v) is 8.40. The van der Waals surface area contributed by atoms with E-state index in [4.69, 9.17) is 5.73 Å². The molecule has 0 aliphatic heterocycles. The zero-order valence-electron chi connectivity index (χ0n) is 15.3. The number of sulfone groups is 1. The van der Waals surface area contributed by atoms with E-state index in [0.29, 0.717) is 6.54 Å². The van der Waals surface area contributed by atoms with Crippen LogP contribution < -0.4 is 11.1 Å². The van der Waals surface area contributed by atoms with Gasteiger partial charge in [-0.05, 0) is 60.5 Å². The average Bonchev–Trinajstić information content (AvgIpc) is 2.72. The molecule has 3 rings (SSSR count). The number of benzene rings is 3. The molecule has 5 nitrogen and oxygen atoms in total. The number of carbonyl (C=O) groups excluding carboxylic acids is 1. The topological polar surface area (TPSA) is 89.3 Å². The van der Waals surface area contributed by atoms with Crippen LogP contribution in [0, 0.1) is 0 Å². The summed E-state index contributed by atoms with van der Waals surface area (Å²) in [5, 5.41) is 3.36. The molecule has 3 aromatic carbocycles. The van der Waals surface area contributed by atoms with Crippen molar-refractivity contribution in [2.45, 2.75) is 22.8 Å². The summed E-state index contributed by atoms with van der Waals surface area (Å²) in [6.45, 7) is 1.51. The highest BCUT2D eigenvalue weighted by Crippen LogP contribution is 2.21. The average molecular weight is 394 g/mol. The third kappa shape index (κ3) is 4.85. The molecule has 0 unspecified atom stereocenters. The van der Waals surface area contributed by atoms with Gasteiger partial charge in [0.2, 0.25) is 15.7 Å². The molecule has 144 valence electrons. The van der Waals surface area contributed by atoms with Gasteiger partial charge in [0.05, 0.1) is 9.79 Å². The Balaban J connectivity index is 1.60. The fourth-order valence-electron chi connectivity index (χ4n) is 2.83. The number of nitrogens with two attached hydrogens (primary N) is 1.